The molecule has 1 amide bonds. The summed E-state index contributed by atoms with van der Waals surface area (Å²) >= 11 is 0. The molecule has 0 aromatic heterocycles. The summed E-state index contributed by atoms with van der Waals surface area (Å²) in [6, 6.07) is 10.2. The number of nitrogens with zero attached hydrogens (tertiary/aromatic N) is 1. The van der Waals surface area contributed by atoms with Crippen LogP contribution in [0.25, 0.3) is 11.1 Å². The summed E-state index contributed by atoms with van der Waals surface area (Å²) in [5, 5.41) is 0. The molecule has 0 radical (unpaired) electrons. The minimum absolute atomic E-state index is 0.220. The number of carbonyl (C=O) groups is 1. The van der Waals surface area contributed by atoms with Crippen LogP contribution in [-0.2, 0) is 6.18 Å². The number of halogens is 3. The van der Waals surface area contributed by atoms with Crippen molar-refractivity contribution in [1.29, 1.82) is 0 Å². The predicted molar refractivity (Wildman–Crippen MR) is 86.8 cm³/mol. The Morgan fingerprint density at radius 3 is 2.29 bits per heavy atom. The molecular formula is C18H17F3N2O. The number of hydrogen-bond acceptors (Lipinski definition) is 2. The third-order valence-corrected chi connectivity index (χ3v) is 4.25. The van der Waals surface area contributed by atoms with E-state index in [1.807, 2.05) is 4.90 Å². The lowest BCUT2D eigenvalue weighted by atomic mass is 9.95. The fraction of sp³-hybridized carbons (Fsp3) is 0.278. The van der Waals surface area contributed by atoms with E-state index in [4.69, 9.17) is 5.73 Å². The van der Waals surface area contributed by atoms with Gasteiger partial charge in [0.2, 0.25) is 5.91 Å². The summed E-state index contributed by atoms with van der Waals surface area (Å²) < 4.78 is 39.4. The molecule has 2 aromatic rings. The van der Waals surface area contributed by atoms with E-state index in [2.05, 4.69) is 0 Å². The van der Waals surface area contributed by atoms with E-state index in [1.165, 1.54) is 12.1 Å². The summed E-state index contributed by atoms with van der Waals surface area (Å²) in [7, 11) is 0. The summed E-state index contributed by atoms with van der Waals surface area (Å²) in [6.07, 6.45) is -2.45. The number of alkyl halides is 3. The number of hydrogen-bond donors (Lipinski definition) is 1. The van der Waals surface area contributed by atoms with Crippen LogP contribution >= 0.6 is 0 Å². The average molecular weight is 334 g/mol. The Morgan fingerprint density at radius 1 is 1.00 bits per heavy atom. The molecule has 0 atom stereocenters. The van der Waals surface area contributed by atoms with Crippen molar-refractivity contribution in [2.45, 2.75) is 19.0 Å². The van der Waals surface area contributed by atoms with Gasteiger partial charge in [0.15, 0.2) is 0 Å². The number of benzene rings is 2. The maximum absolute atomic E-state index is 13.1. The lowest BCUT2D eigenvalue weighted by molar-refractivity contribution is -0.137. The highest BCUT2D eigenvalue weighted by Gasteiger charge is 2.32. The molecule has 1 aliphatic rings. The van der Waals surface area contributed by atoms with Crippen molar-refractivity contribution in [1.82, 2.24) is 0 Å². The number of nitrogens with two attached hydrogens (primary N) is 1. The van der Waals surface area contributed by atoms with Crippen molar-refractivity contribution in [3.8, 4) is 11.1 Å². The number of amides is 1. The van der Waals surface area contributed by atoms with Crippen LogP contribution in [-0.4, -0.2) is 19.0 Å². The quantitative estimate of drug-likeness (QED) is 0.920. The van der Waals surface area contributed by atoms with Gasteiger partial charge in [-0.25, -0.2) is 0 Å². The fourth-order valence-electron chi connectivity index (χ4n) is 3.09. The Bertz CT molecular complexity index is 765. The molecule has 0 bridgehead atoms. The van der Waals surface area contributed by atoms with Crippen molar-refractivity contribution in [3.05, 3.63) is 53.6 Å². The zero-order valence-electron chi connectivity index (χ0n) is 12.9. The van der Waals surface area contributed by atoms with Crippen LogP contribution in [0.1, 0.15) is 28.8 Å². The van der Waals surface area contributed by atoms with Crippen LogP contribution in [0.3, 0.4) is 0 Å². The van der Waals surface area contributed by atoms with Crippen molar-refractivity contribution >= 4 is 11.6 Å². The second-order valence-corrected chi connectivity index (χ2v) is 5.83. The topological polar surface area (TPSA) is 46.3 Å². The Kier molecular flexibility index (Phi) is 4.22. The molecule has 0 spiro atoms. The normalized spacial score (nSPS) is 14.9. The second kappa shape index (κ2) is 6.19. The van der Waals surface area contributed by atoms with E-state index >= 15 is 0 Å². The molecular weight excluding hydrogens is 317 g/mol. The van der Waals surface area contributed by atoms with E-state index in [1.54, 1.807) is 18.2 Å². The van der Waals surface area contributed by atoms with Crippen molar-refractivity contribution < 1.29 is 18.0 Å². The molecule has 3 rings (SSSR count). The van der Waals surface area contributed by atoms with Crippen molar-refractivity contribution in [2.75, 3.05) is 18.0 Å². The average Bonchev–Trinajstić information content (AvgIpc) is 3.07. The van der Waals surface area contributed by atoms with Gasteiger partial charge in [0.05, 0.1) is 5.56 Å². The minimum Gasteiger partial charge on any atom is -0.371 e. The number of rotatable bonds is 3. The van der Waals surface area contributed by atoms with Crippen molar-refractivity contribution in [2.24, 2.45) is 5.73 Å². The van der Waals surface area contributed by atoms with Gasteiger partial charge in [-0.1, -0.05) is 18.2 Å². The highest BCUT2D eigenvalue weighted by molar-refractivity contribution is 6.01. The zero-order chi connectivity index (χ0) is 17.3. The summed E-state index contributed by atoms with van der Waals surface area (Å²) in [5.74, 6) is -0.657. The van der Waals surface area contributed by atoms with Gasteiger partial charge >= 0.3 is 6.18 Å². The second-order valence-electron chi connectivity index (χ2n) is 5.83. The first-order valence-corrected chi connectivity index (χ1v) is 7.73. The molecule has 24 heavy (non-hydrogen) atoms. The first kappa shape index (κ1) is 16.4. The van der Waals surface area contributed by atoms with Gasteiger partial charge in [-0.2, -0.15) is 13.2 Å². The summed E-state index contributed by atoms with van der Waals surface area (Å²) in [4.78, 5) is 13.7. The van der Waals surface area contributed by atoms with Gasteiger partial charge < -0.3 is 10.6 Å². The molecule has 3 nitrogen and oxygen atoms in total. The van der Waals surface area contributed by atoms with Gasteiger partial charge in [-0.15, -0.1) is 0 Å². The van der Waals surface area contributed by atoms with E-state index in [9.17, 15) is 18.0 Å². The van der Waals surface area contributed by atoms with Gasteiger partial charge in [0.25, 0.3) is 0 Å². The number of carbonyl (C=O) groups excluding carboxylic acids is 1. The molecule has 2 N–H and O–H groups in total. The molecule has 1 heterocycles. The van der Waals surface area contributed by atoms with Gasteiger partial charge in [0, 0.05) is 29.9 Å². The first-order valence-electron chi connectivity index (χ1n) is 7.73. The molecule has 1 saturated heterocycles. The van der Waals surface area contributed by atoms with Crippen LogP contribution in [0, 0.1) is 0 Å². The minimum atomic E-state index is -4.44. The summed E-state index contributed by atoms with van der Waals surface area (Å²) in [6.45, 7) is 1.58. The van der Waals surface area contributed by atoms with Crippen LogP contribution in [0.4, 0.5) is 18.9 Å². The standard InChI is InChI=1S/C18H17F3N2O/c19-18(20,21)12-7-8-16(23-9-3-4-10-23)15(11-12)13-5-1-2-6-14(13)17(22)24/h1-2,5-8,11H,3-4,9-10H2,(H2,22,24). The molecule has 0 unspecified atom stereocenters. The highest BCUT2D eigenvalue weighted by atomic mass is 19.4. The van der Waals surface area contributed by atoms with Crippen LogP contribution in [0.5, 0.6) is 0 Å². The Balaban J connectivity index is 2.21. The molecule has 0 aliphatic carbocycles. The number of anilines is 1. The van der Waals surface area contributed by atoms with Crippen LogP contribution < -0.4 is 10.6 Å². The first-order chi connectivity index (χ1) is 11.4. The Morgan fingerprint density at radius 2 is 1.67 bits per heavy atom. The zero-order valence-corrected chi connectivity index (χ0v) is 12.9. The maximum atomic E-state index is 13.1. The Hall–Kier alpha value is -2.50. The van der Waals surface area contributed by atoms with Crippen molar-refractivity contribution in [3.63, 3.8) is 0 Å². The van der Waals surface area contributed by atoms with Gasteiger partial charge in [-0.05, 0) is 42.7 Å². The molecule has 0 saturated carbocycles. The SMILES string of the molecule is NC(=O)c1ccccc1-c1cc(C(F)(F)F)ccc1N1CCCC1. The monoisotopic (exact) mass is 334 g/mol. The third kappa shape index (κ3) is 3.09. The smallest absolute Gasteiger partial charge is 0.371 e. The third-order valence-electron chi connectivity index (χ3n) is 4.25. The molecule has 126 valence electrons. The van der Waals surface area contributed by atoms with Crippen LogP contribution in [0.15, 0.2) is 42.5 Å². The lowest BCUT2D eigenvalue weighted by Crippen LogP contribution is -2.20. The van der Waals surface area contributed by atoms with Crippen LogP contribution in [0.2, 0.25) is 0 Å². The van der Waals surface area contributed by atoms with E-state index in [0.717, 1.165) is 38.1 Å². The lowest BCUT2D eigenvalue weighted by Gasteiger charge is -2.23. The Labute approximate surface area is 137 Å². The highest BCUT2D eigenvalue weighted by Crippen LogP contribution is 2.39. The van der Waals surface area contributed by atoms with E-state index < -0.39 is 17.6 Å². The molecule has 1 fully saturated rings. The molecule has 2 aromatic carbocycles. The number of primary amides is 1. The fourth-order valence-corrected chi connectivity index (χ4v) is 3.09. The molecule has 6 heteroatoms. The largest absolute Gasteiger partial charge is 0.416 e. The van der Waals surface area contributed by atoms with E-state index in [-0.39, 0.29) is 5.56 Å². The van der Waals surface area contributed by atoms with Gasteiger partial charge in [0.1, 0.15) is 0 Å². The maximum Gasteiger partial charge on any atom is 0.416 e. The van der Waals surface area contributed by atoms with Gasteiger partial charge in [-0.3, -0.25) is 4.79 Å². The predicted octanol–water partition coefficient (Wildman–Crippen LogP) is 4.07. The summed E-state index contributed by atoms with van der Waals surface area (Å²) in [5.41, 5.74) is 6.41. The molecule has 1 aliphatic heterocycles. The van der Waals surface area contributed by atoms with E-state index in [0.29, 0.717) is 16.8 Å².